The minimum absolute atomic E-state index is 0.0643. The normalized spacial score (nSPS) is 28.2. The summed E-state index contributed by atoms with van der Waals surface area (Å²) in [5, 5.41) is 6.32. The SMILES string of the molecule is CC(C)n1c(O[C@@H]2C[C@H]3C(=O)N[C@]4(C(=O)NS(=O)(=O)C5(C)CC5)C[C@H]4/C=C\CCCCC[C@H](Nc4ccccc4)C(=O)N3C2)nc2cc(F)ccc21. The van der Waals surface area contributed by atoms with Crippen LogP contribution in [0.25, 0.3) is 11.0 Å². The van der Waals surface area contributed by atoms with Crippen molar-refractivity contribution in [3.8, 4) is 6.01 Å². The molecule has 2 saturated carbocycles. The summed E-state index contributed by atoms with van der Waals surface area (Å²) in [6.07, 6.45) is 8.28. The number of nitrogens with zero attached hydrogens (tertiary/aromatic N) is 3. The van der Waals surface area contributed by atoms with Gasteiger partial charge in [-0.25, -0.2) is 12.8 Å². The van der Waals surface area contributed by atoms with Crippen LogP contribution in [0.15, 0.2) is 60.7 Å². The van der Waals surface area contributed by atoms with Gasteiger partial charge in [0.2, 0.25) is 21.8 Å². The Labute approximate surface area is 303 Å². The standard InChI is InChI=1S/C38H47FN6O6S/c1-24(2)45-31-17-16-26(39)20-30(31)41-36(45)51-28-21-32-33(46)42-38(35(48)43-52(49,50)37(3)18-19-37)22-25(38)12-8-5-4-6-11-15-29(34(47)44(32)23-28)40-27-13-9-7-10-14-27/h7-10,12-14,16-17,20,24-25,28-29,32,40H,4-6,11,15,18-19,21-23H2,1-3H3,(H,42,46)(H,43,48)/b12-8-/t25-,28-,29+,32+,38-/m1/s1. The first-order valence-electron chi connectivity index (χ1n) is 18.3. The minimum atomic E-state index is -3.96. The number of rotatable bonds is 8. The van der Waals surface area contributed by atoms with E-state index in [9.17, 15) is 27.2 Å². The van der Waals surface area contributed by atoms with E-state index in [1.54, 1.807) is 13.0 Å². The van der Waals surface area contributed by atoms with Gasteiger partial charge >= 0.3 is 0 Å². The fourth-order valence-electron chi connectivity index (χ4n) is 7.46. The van der Waals surface area contributed by atoms with Crippen molar-refractivity contribution in [2.24, 2.45) is 5.92 Å². The average Bonchev–Trinajstić information content (AvgIpc) is 3.92. The summed E-state index contributed by atoms with van der Waals surface area (Å²) in [7, 11) is -3.96. The molecule has 1 aromatic heterocycles. The van der Waals surface area contributed by atoms with Crippen LogP contribution in [-0.2, 0) is 24.4 Å². The van der Waals surface area contributed by atoms with Crippen molar-refractivity contribution in [1.29, 1.82) is 0 Å². The van der Waals surface area contributed by atoms with Crippen molar-refractivity contribution < 1.29 is 31.9 Å². The number of hydrogen-bond acceptors (Lipinski definition) is 8. The van der Waals surface area contributed by atoms with E-state index in [1.807, 2.05) is 60.9 Å². The van der Waals surface area contributed by atoms with E-state index in [-0.39, 0.29) is 37.3 Å². The highest BCUT2D eigenvalue weighted by Crippen LogP contribution is 2.47. The molecule has 3 N–H and O–H groups in total. The molecule has 0 radical (unpaired) electrons. The van der Waals surface area contributed by atoms with Crippen LogP contribution in [0.5, 0.6) is 6.01 Å². The number of fused-ring (bicyclic) bond motifs is 3. The lowest BCUT2D eigenvalue weighted by atomic mass is 10.0. The largest absolute Gasteiger partial charge is 0.459 e. The Balaban J connectivity index is 1.21. The quantitative estimate of drug-likeness (QED) is 0.274. The van der Waals surface area contributed by atoms with Gasteiger partial charge in [0.25, 0.3) is 11.9 Å². The molecule has 3 heterocycles. The number of nitrogens with one attached hydrogen (secondary N) is 3. The zero-order valence-electron chi connectivity index (χ0n) is 29.8. The highest BCUT2D eigenvalue weighted by molar-refractivity contribution is 7.91. The predicted octanol–water partition coefficient (Wildman–Crippen LogP) is 4.98. The molecule has 12 nitrogen and oxygen atoms in total. The molecule has 0 bridgehead atoms. The molecule has 52 heavy (non-hydrogen) atoms. The zero-order chi connectivity index (χ0) is 36.8. The Morgan fingerprint density at radius 1 is 1.10 bits per heavy atom. The minimum Gasteiger partial charge on any atom is -0.459 e. The number of ether oxygens (including phenoxy) is 1. The average molecular weight is 735 g/mol. The number of hydrogen-bond donors (Lipinski definition) is 3. The number of imidazole rings is 1. The van der Waals surface area contributed by atoms with E-state index in [4.69, 9.17) is 4.74 Å². The van der Waals surface area contributed by atoms with Crippen LogP contribution in [0.4, 0.5) is 10.1 Å². The molecule has 1 saturated heterocycles. The maximum absolute atomic E-state index is 14.6. The van der Waals surface area contributed by atoms with Gasteiger partial charge in [-0.05, 0) is 83.6 Å². The van der Waals surface area contributed by atoms with Gasteiger partial charge in [0.15, 0.2) is 0 Å². The topological polar surface area (TPSA) is 152 Å². The summed E-state index contributed by atoms with van der Waals surface area (Å²) >= 11 is 0. The number of halogens is 1. The van der Waals surface area contributed by atoms with E-state index < -0.39 is 62.0 Å². The first kappa shape index (κ1) is 35.9. The maximum atomic E-state index is 14.6. The van der Waals surface area contributed by atoms with Crippen LogP contribution < -0.4 is 20.1 Å². The Hall–Kier alpha value is -4.46. The number of sulfonamides is 1. The van der Waals surface area contributed by atoms with E-state index >= 15 is 0 Å². The van der Waals surface area contributed by atoms with Crippen molar-refractivity contribution in [3.63, 3.8) is 0 Å². The molecule has 2 aliphatic heterocycles. The van der Waals surface area contributed by atoms with E-state index in [0.717, 1.165) is 31.4 Å². The van der Waals surface area contributed by atoms with Gasteiger partial charge < -0.3 is 20.3 Å². The van der Waals surface area contributed by atoms with Crippen LogP contribution in [0, 0.1) is 11.7 Å². The first-order chi connectivity index (χ1) is 24.8. The van der Waals surface area contributed by atoms with Gasteiger partial charge in [-0.3, -0.25) is 23.7 Å². The van der Waals surface area contributed by atoms with Crippen molar-refractivity contribution in [1.82, 2.24) is 24.5 Å². The van der Waals surface area contributed by atoms with E-state index in [2.05, 4.69) is 20.3 Å². The number of aromatic nitrogens is 2. The Morgan fingerprint density at radius 3 is 2.60 bits per heavy atom. The highest BCUT2D eigenvalue weighted by atomic mass is 32.2. The number of anilines is 1. The molecule has 3 fully saturated rings. The Kier molecular flexibility index (Phi) is 9.55. The van der Waals surface area contributed by atoms with Crippen LogP contribution in [0.2, 0.25) is 0 Å². The Morgan fingerprint density at radius 2 is 1.87 bits per heavy atom. The van der Waals surface area contributed by atoms with Crippen molar-refractivity contribution in [3.05, 3.63) is 66.5 Å². The molecule has 2 aliphatic carbocycles. The number of para-hydroxylation sites is 1. The van der Waals surface area contributed by atoms with Crippen LogP contribution in [0.3, 0.4) is 0 Å². The number of allylic oxidation sites excluding steroid dienone is 1. The van der Waals surface area contributed by atoms with Crippen molar-refractivity contribution in [2.45, 2.75) is 113 Å². The van der Waals surface area contributed by atoms with Gasteiger partial charge in [0, 0.05) is 30.1 Å². The summed E-state index contributed by atoms with van der Waals surface area (Å²) in [6.45, 7) is 5.59. The van der Waals surface area contributed by atoms with Gasteiger partial charge in [0.1, 0.15) is 29.5 Å². The molecule has 0 unspecified atom stereocenters. The maximum Gasteiger partial charge on any atom is 0.297 e. The molecule has 278 valence electrons. The second kappa shape index (κ2) is 13.8. The van der Waals surface area contributed by atoms with Gasteiger partial charge in [-0.1, -0.05) is 43.2 Å². The molecule has 14 heteroatoms. The number of amides is 3. The van der Waals surface area contributed by atoms with Crippen molar-refractivity contribution in [2.75, 3.05) is 11.9 Å². The number of carbonyl (C=O) groups is 3. The lowest BCUT2D eigenvalue weighted by Crippen LogP contribution is -2.58. The molecule has 0 spiro atoms. The van der Waals surface area contributed by atoms with E-state index in [0.29, 0.717) is 30.3 Å². The second-order valence-electron chi connectivity index (χ2n) is 15.3. The van der Waals surface area contributed by atoms with Gasteiger partial charge in [-0.15, -0.1) is 0 Å². The summed E-state index contributed by atoms with van der Waals surface area (Å²) in [5.41, 5.74) is 0.413. The molecule has 7 rings (SSSR count). The molecular weight excluding hydrogens is 688 g/mol. The third-order valence-corrected chi connectivity index (χ3v) is 13.2. The molecular formula is C38H47FN6O6S. The fraction of sp³-hybridized carbons (Fsp3) is 0.526. The van der Waals surface area contributed by atoms with E-state index in [1.165, 1.54) is 17.0 Å². The number of carbonyl (C=O) groups excluding carboxylic acids is 3. The predicted molar refractivity (Wildman–Crippen MR) is 194 cm³/mol. The van der Waals surface area contributed by atoms with Crippen LogP contribution >= 0.6 is 0 Å². The molecule has 3 amide bonds. The molecule has 2 aromatic carbocycles. The lowest BCUT2D eigenvalue weighted by molar-refractivity contribution is -0.140. The molecule has 5 atom stereocenters. The third kappa shape index (κ3) is 7.01. The summed E-state index contributed by atoms with van der Waals surface area (Å²) in [5.74, 6) is -2.44. The fourth-order valence-corrected chi connectivity index (χ4v) is 8.78. The second-order valence-corrected chi connectivity index (χ2v) is 17.5. The highest BCUT2D eigenvalue weighted by Gasteiger charge is 2.63. The van der Waals surface area contributed by atoms with Gasteiger partial charge in [0.05, 0.1) is 22.3 Å². The van der Waals surface area contributed by atoms with Gasteiger partial charge in [-0.2, -0.15) is 4.98 Å². The third-order valence-electron chi connectivity index (χ3n) is 11.0. The molecule has 4 aliphatic rings. The monoisotopic (exact) mass is 734 g/mol. The smallest absolute Gasteiger partial charge is 0.297 e. The Bertz CT molecular complexity index is 2000. The number of benzene rings is 2. The summed E-state index contributed by atoms with van der Waals surface area (Å²) in [4.78, 5) is 48.9. The van der Waals surface area contributed by atoms with Crippen molar-refractivity contribution >= 4 is 44.5 Å². The summed E-state index contributed by atoms with van der Waals surface area (Å²) in [6, 6.07) is 12.3. The van der Waals surface area contributed by atoms with Crippen LogP contribution in [0.1, 0.15) is 84.6 Å². The summed E-state index contributed by atoms with van der Waals surface area (Å²) < 4.78 is 50.0. The zero-order valence-corrected chi connectivity index (χ0v) is 30.6. The van der Waals surface area contributed by atoms with Crippen LogP contribution in [-0.4, -0.2) is 75.6 Å². The molecule has 3 aromatic rings. The first-order valence-corrected chi connectivity index (χ1v) is 19.8. The lowest BCUT2D eigenvalue weighted by Gasteiger charge is -2.30.